The van der Waals surface area contributed by atoms with Crippen LogP contribution in [0, 0.1) is 13.8 Å². The average molecular weight is 491 g/mol. The summed E-state index contributed by atoms with van der Waals surface area (Å²) in [6, 6.07) is 7.72. The third kappa shape index (κ3) is 3.89. The minimum absolute atomic E-state index is 0.181. The molecule has 4 saturated heterocycles. The van der Waals surface area contributed by atoms with Crippen molar-refractivity contribution in [1.29, 1.82) is 0 Å². The first-order chi connectivity index (χ1) is 17.6. The zero-order valence-corrected chi connectivity index (χ0v) is 21.1. The molecule has 9 heteroatoms. The molecular weight excluding hydrogens is 456 g/mol. The maximum atomic E-state index is 5.80. The van der Waals surface area contributed by atoms with Gasteiger partial charge in [0.25, 0.3) is 0 Å². The van der Waals surface area contributed by atoms with E-state index in [-0.39, 0.29) is 12.1 Å². The highest BCUT2D eigenvalue weighted by atomic mass is 16.5. The van der Waals surface area contributed by atoms with Crippen molar-refractivity contribution in [1.82, 2.24) is 24.6 Å². The number of aryl methyl sites for hydroxylation is 2. The molecule has 190 valence electrons. The summed E-state index contributed by atoms with van der Waals surface area (Å²) in [5.41, 5.74) is 3.91. The molecule has 0 unspecified atom stereocenters. The molecule has 9 nitrogen and oxygen atoms in total. The van der Waals surface area contributed by atoms with E-state index in [0.717, 1.165) is 54.7 Å². The Morgan fingerprint density at radius 2 is 1.42 bits per heavy atom. The molecule has 1 aromatic carbocycles. The standard InChI is InChI=1S/C27H34N6O3/c1-17-7-20-10-28-33(25(20)8-24(17)19-3-5-31(6-4-19)21-11-34-12-21)27-9-26(29-18(2)30-27)32-22-13-35-15-23(32)16-36-14-22/h7-10,19,21-23H,3-6,11-16H2,1-2H3. The first-order valence-corrected chi connectivity index (χ1v) is 13.2. The summed E-state index contributed by atoms with van der Waals surface area (Å²) in [4.78, 5) is 14.6. The quantitative estimate of drug-likeness (QED) is 0.553. The van der Waals surface area contributed by atoms with Gasteiger partial charge in [0.2, 0.25) is 0 Å². The van der Waals surface area contributed by atoms with Crippen LogP contribution in [0.15, 0.2) is 24.4 Å². The topological polar surface area (TPSA) is 77.8 Å². The minimum atomic E-state index is 0.181. The summed E-state index contributed by atoms with van der Waals surface area (Å²) in [5.74, 6) is 3.07. The van der Waals surface area contributed by atoms with Gasteiger partial charge in [-0.3, -0.25) is 4.90 Å². The van der Waals surface area contributed by atoms with Crippen LogP contribution in [0.4, 0.5) is 5.82 Å². The van der Waals surface area contributed by atoms with Gasteiger partial charge in [0, 0.05) is 11.5 Å². The second kappa shape index (κ2) is 9.06. The third-order valence-electron chi connectivity index (χ3n) is 8.38. The molecule has 4 fully saturated rings. The molecule has 4 aliphatic rings. The molecule has 6 heterocycles. The van der Waals surface area contributed by atoms with E-state index in [0.29, 0.717) is 38.4 Å². The number of anilines is 1. The molecule has 0 atom stereocenters. The van der Waals surface area contributed by atoms with Crippen LogP contribution in [-0.2, 0) is 14.2 Å². The molecule has 7 rings (SSSR count). The van der Waals surface area contributed by atoms with Crippen LogP contribution in [0.25, 0.3) is 16.7 Å². The van der Waals surface area contributed by atoms with Crippen LogP contribution in [0.3, 0.4) is 0 Å². The van der Waals surface area contributed by atoms with E-state index in [4.69, 9.17) is 29.3 Å². The van der Waals surface area contributed by atoms with E-state index in [2.05, 4.69) is 34.9 Å². The Morgan fingerprint density at radius 3 is 2.08 bits per heavy atom. The zero-order valence-electron chi connectivity index (χ0n) is 21.1. The van der Waals surface area contributed by atoms with E-state index in [9.17, 15) is 0 Å². The number of hydrogen-bond donors (Lipinski definition) is 0. The molecule has 4 aliphatic heterocycles. The fraction of sp³-hybridized carbons (Fsp3) is 0.593. The number of rotatable bonds is 4. The average Bonchev–Trinajstić information content (AvgIpc) is 3.25. The van der Waals surface area contributed by atoms with Crippen molar-refractivity contribution >= 4 is 16.7 Å². The molecule has 0 aliphatic carbocycles. The Kier molecular flexibility index (Phi) is 5.69. The van der Waals surface area contributed by atoms with Crippen molar-refractivity contribution in [3.8, 4) is 5.82 Å². The van der Waals surface area contributed by atoms with Gasteiger partial charge in [0.1, 0.15) is 11.6 Å². The zero-order chi connectivity index (χ0) is 24.2. The van der Waals surface area contributed by atoms with Crippen LogP contribution < -0.4 is 4.90 Å². The molecule has 0 N–H and O–H groups in total. The minimum Gasteiger partial charge on any atom is -0.378 e. The summed E-state index contributed by atoms with van der Waals surface area (Å²) in [5, 5.41) is 5.93. The molecule has 0 amide bonds. The normalized spacial score (nSPS) is 25.9. The Morgan fingerprint density at radius 1 is 0.778 bits per heavy atom. The lowest BCUT2D eigenvalue weighted by molar-refractivity contribution is -0.0712. The molecule has 36 heavy (non-hydrogen) atoms. The van der Waals surface area contributed by atoms with Gasteiger partial charge >= 0.3 is 0 Å². The fourth-order valence-electron chi connectivity index (χ4n) is 6.38. The second-order valence-corrected chi connectivity index (χ2v) is 10.7. The predicted octanol–water partition coefficient (Wildman–Crippen LogP) is 2.61. The van der Waals surface area contributed by atoms with Gasteiger partial charge in [-0.15, -0.1) is 0 Å². The lowest BCUT2D eigenvalue weighted by Gasteiger charge is -2.46. The molecule has 0 spiro atoms. The van der Waals surface area contributed by atoms with E-state index < -0.39 is 0 Å². The first kappa shape index (κ1) is 22.6. The third-order valence-corrected chi connectivity index (χ3v) is 8.38. The number of morpholine rings is 2. The van der Waals surface area contributed by atoms with Gasteiger partial charge < -0.3 is 19.1 Å². The van der Waals surface area contributed by atoms with Crippen molar-refractivity contribution in [2.75, 3.05) is 57.6 Å². The summed E-state index contributed by atoms with van der Waals surface area (Å²) >= 11 is 0. The van der Waals surface area contributed by atoms with Crippen LogP contribution in [0.2, 0.25) is 0 Å². The van der Waals surface area contributed by atoms with Gasteiger partial charge in [-0.1, -0.05) is 0 Å². The number of nitrogens with zero attached hydrogens (tertiary/aromatic N) is 6. The Hall–Kier alpha value is -2.59. The fourth-order valence-corrected chi connectivity index (χ4v) is 6.38. The van der Waals surface area contributed by atoms with Gasteiger partial charge in [0.05, 0.1) is 69.5 Å². The number of likely N-dealkylation sites (tertiary alicyclic amines) is 1. The Balaban J connectivity index is 1.21. The van der Waals surface area contributed by atoms with Gasteiger partial charge in [0.15, 0.2) is 5.82 Å². The lowest BCUT2D eigenvalue weighted by atomic mass is 9.85. The van der Waals surface area contributed by atoms with Crippen molar-refractivity contribution in [3.63, 3.8) is 0 Å². The Bertz CT molecular complexity index is 1240. The number of ether oxygens (including phenoxy) is 3. The summed E-state index contributed by atoms with van der Waals surface area (Å²) in [6.07, 6.45) is 4.34. The lowest BCUT2D eigenvalue weighted by Crippen LogP contribution is -2.60. The number of aromatic nitrogens is 4. The van der Waals surface area contributed by atoms with Crippen LogP contribution in [0.5, 0.6) is 0 Å². The number of piperidine rings is 1. The molecule has 0 radical (unpaired) electrons. The van der Waals surface area contributed by atoms with E-state index in [1.165, 1.54) is 24.0 Å². The molecule has 3 aromatic rings. The molecule has 2 bridgehead atoms. The van der Waals surface area contributed by atoms with E-state index >= 15 is 0 Å². The van der Waals surface area contributed by atoms with E-state index in [1.807, 2.05) is 17.8 Å². The van der Waals surface area contributed by atoms with E-state index in [1.54, 1.807) is 0 Å². The highest BCUT2D eigenvalue weighted by molar-refractivity contribution is 5.82. The predicted molar refractivity (Wildman–Crippen MR) is 136 cm³/mol. The maximum absolute atomic E-state index is 5.80. The molecule has 2 aromatic heterocycles. The summed E-state index contributed by atoms with van der Waals surface area (Å²) in [7, 11) is 0. The summed E-state index contributed by atoms with van der Waals surface area (Å²) < 4.78 is 19.0. The van der Waals surface area contributed by atoms with Crippen molar-refractivity contribution < 1.29 is 14.2 Å². The maximum Gasteiger partial charge on any atom is 0.159 e. The van der Waals surface area contributed by atoms with Gasteiger partial charge in [-0.25, -0.2) is 14.6 Å². The highest BCUT2D eigenvalue weighted by Gasteiger charge is 2.37. The van der Waals surface area contributed by atoms with Crippen LogP contribution >= 0.6 is 0 Å². The van der Waals surface area contributed by atoms with Crippen molar-refractivity contribution in [2.45, 2.75) is 50.7 Å². The first-order valence-electron chi connectivity index (χ1n) is 13.2. The number of benzene rings is 1. The second-order valence-electron chi connectivity index (χ2n) is 10.7. The molecular formula is C27H34N6O3. The van der Waals surface area contributed by atoms with Crippen LogP contribution in [-0.4, -0.2) is 95.5 Å². The van der Waals surface area contributed by atoms with Gasteiger partial charge in [-0.2, -0.15) is 5.10 Å². The molecule has 0 saturated carbocycles. The SMILES string of the molecule is Cc1nc(N2C3COCC2COC3)cc(-n2ncc3cc(C)c(C4CCN(C5COC5)CC4)cc32)n1. The van der Waals surface area contributed by atoms with Crippen molar-refractivity contribution in [2.24, 2.45) is 0 Å². The summed E-state index contributed by atoms with van der Waals surface area (Å²) in [6.45, 7) is 10.9. The number of fused-ring (bicyclic) bond motifs is 3. The number of hydrogen-bond acceptors (Lipinski definition) is 8. The monoisotopic (exact) mass is 490 g/mol. The smallest absolute Gasteiger partial charge is 0.159 e. The largest absolute Gasteiger partial charge is 0.378 e. The van der Waals surface area contributed by atoms with Crippen molar-refractivity contribution in [3.05, 3.63) is 41.3 Å². The Labute approximate surface area is 211 Å². The van der Waals surface area contributed by atoms with Crippen LogP contribution in [0.1, 0.15) is 35.7 Å². The highest BCUT2D eigenvalue weighted by Crippen LogP contribution is 2.35. The van der Waals surface area contributed by atoms with Gasteiger partial charge in [-0.05, 0) is 69.0 Å².